The Hall–Kier alpha value is -2.34. The van der Waals surface area contributed by atoms with Crippen LogP contribution in [0.3, 0.4) is 0 Å². The second-order valence-electron chi connectivity index (χ2n) is 5.28. The molecule has 3 heteroatoms. The minimum atomic E-state index is -0.0253. The van der Waals surface area contributed by atoms with Crippen molar-refractivity contribution in [3.8, 4) is 6.07 Å². The number of amides is 1. The third kappa shape index (κ3) is 2.37. The van der Waals surface area contributed by atoms with E-state index in [-0.39, 0.29) is 11.8 Å². The molecule has 0 bridgehead atoms. The second kappa shape index (κ2) is 5.34. The van der Waals surface area contributed by atoms with Gasteiger partial charge in [-0.2, -0.15) is 5.26 Å². The summed E-state index contributed by atoms with van der Waals surface area (Å²) < 4.78 is 0. The predicted octanol–water partition coefficient (Wildman–Crippen LogP) is 3.10. The van der Waals surface area contributed by atoms with Crippen molar-refractivity contribution in [2.24, 2.45) is 5.92 Å². The molecule has 1 unspecified atom stereocenters. The van der Waals surface area contributed by atoms with E-state index in [1.807, 2.05) is 23.1 Å². The van der Waals surface area contributed by atoms with Crippen LogP contribution in [-0.2, 0) is 11.3 Å². The minimum absolute atomic E-state index is 0.0253. The van der Waals surface area contributed by atoms with E-state index in [2.05, 4.69) is 30.3 Å². The van der Waals surface area contributed by atoms with E-state index in [0.29, 0.717) is 25.9 Å². The first kappa shape index (κ1) is 12.7. The Morgan fingerprint density at radius 3 is 2.85 bits per heavy atom. The number of fused-ring (bicyclic) bond motifs is 1. The van der Waals surface area contributed by atoms with Crippen molar-refractivity contribution in [3.05, 3.63) is 48.0 Å². The zero-order valence-corrected chi connectivity index (χ0v) is 11.2. The molecule has 1 atom stereocenters. The van der Waals surface area contributed by atoms with Crippen molar-refractivity contribution in [1.29, 1.82) is 5.26 Å². The van der Waals surface area contributed by atoms with Gasteiger partial charge in [-0.15, -0.1) is 0 Å². The van der Waals surface area contributed by atoms with Gasteiger partial charge in [-0.25, -0.2) is 0 Å². The van der Waals surface area contributed by atoms with Gasteiger partial charge in [0.15, 0.2) is 0 Å². The van der Waals surface area contributed by atoms with Gasteiger partial charge in [0.1, 0.15) is 0 Å². The van der Waals surface area contributed by atoms with Crippen LogP contribution in [0.25, 0.3) is 10.8 Å². The van der Waals surface area contributed by atoms with Crippen molar-refractivity contribution >= 4 is 16.7 Å². The fourth-order valence-corrected chi connectivity index (χ4v) is 2.81. The molecule has 0 saturated carbocycles. The summed E-state index contributed by atoms with van der Waals surface area (Å²) in [4.78, 5) is 13.8. The lowest BCUT2D eigenvalue weighted by molar-refractivity contribution is -0.134. The van der Waals surface area contributed by atoms with Gasteiger partial charge in [0.25, 0.3) is 0 Å². The van der Waals surface area contributed by atoms with Crippen molar-refractivity contribution in [1.82, 2.24) is 4.90 Å². The van der Waals surface area contributed by atoms with Gasteiger partial charge in [0.2, 0.25) is 5.91 Å². The minimum Gasteiger partial charge on any atom is -0.337 e. The van der Waals surface area contributed by atoms with Crippen LogP contribution >= 0.6 is 0 Å². The number of nitriles is 1. The van der Waals surface area contributed by atoms with Crippen LogP contribution in [0.2, 0.25) is 0 Å². The van der Waals surface area contributed by atoms with Gasteiger partial charge in [-0.1, -0.05) is 42.5 Å². The highest BCUT2D eigenvalue weighted by Crippen LogP contribution is 2.23. The lowest BCUT2D eigenvalue weighted by atomic mass is 9.97. The van der Waals surface area contributed by atoms with Crippen molar-refractivity contribution in [2.75, 3.05) is 6.54 Å². The predicted molar refractivity (Wildman–Crippen MR) is 77.7 cm³/mol. The number of hydrogen-bond donors (Lipinski definition) is 0. The maximum Gasteiger partial charge on any atom is 0.222 e. The maximum absolute atomic E-state index is 12.0. The summed E-state index contributed by atoms with van der Waals surface area (Å²) in [5.41, 5.74) is 1.15. The molecule has 0 aliphatic carbocycles. The van der Waals surface area contributed by atoms with Gasteiger partial charge < -0.3 is 4.90 Å². The fourth-order valence-electron chi connectivity index (χ4n) is 2.81. The number of nitrogens with zero attached hydrogens (tertiary/aromatic N) is 2. The summed E-state index contributed by atoms with van der Waals surface area (Å²) in [6, 6.07) is 16.6. The molecule has 0 N–H and O–H groups in total. The lowest BCUT2D eigenvalue weighted by Gasteiger charge is -2.30. The third-order valence-electron chi connectivity index (χ3n) is 3.92. The van der Waals surface area contributed by atoms with Crippen LogP contribution in [0.5, 0.6) is 0 Å². The summed E-state index contributed by atoms with van der Waals surface area (Å²) in [6.45, 7) is 1.15. The second-order valence-corrected chi connectivity index (χ2v) is 5.28. The number of benzene rings is 2. The van der Waals surface area contributed by atoms with E-state index in [1.165, 1.54) is 10.8 Å². The van der Waals surface area contributed by atoms with Crippen molar-refractivity contribution in [3.63, 3.8) is 0 Å². The maximum atomic E-state index is 12.0. The zero-order chi connectivity index (χ0) is 13.9. The summed E-state index contributed by atoms with van der Waals surface area (Å²) in [5.74, 6) is 0.132. The molecule has 20 heavy (non-hydrogen) atoms. The SMILES string of the molecule is N#CC1CCC(=O)N(Cc2cccc3ccccc23)C1. The third-order valence-corrected chi connectivity index (χ3v) is 3.92. The number of carbonyl (C=O) groups is 1. The molecule has 1 heterocycles. The van der Waals surface area contributed by atoms with E-state index in [4.69, 9.17) is 5.26 Å². The van der Waals surface area contributed by atoms with Gasteiger partial charge >= 0.3 is 0 Å². The molecular weight excluding hydrogens is 248 g/mol. The van der Waals surface area contributed by atoms with Crippen LogP contribution < -0.4 is 0 Å². The average Bonchev–Trinajstić information content (AvgIpc) is 2.50. The van der Waals surface area contributed by atoms with E-state index in [9.17, 15) is 4.79 Å². The first-order valence-corrected chi connectivity index (χ1v) is 6.92. The Kier molecular flexibility index (Phi) is 3.39. The summed E-state index contributed by atoms with van der Waals surface area (Å²) >= 11 is 0. The zero-order valence-electron chi connectivity index (χ0n) is 11.2. The molecule has 2 aromatic rings. The van der Waals surface area contributed by atoms with E-state index < -0.39 is 0 Å². The van der Waals surface area contributed by atoms with E-state index in [0.717, 1.165) is 5.56 Å². The molecule has 0 spiro atoms. The molecule has 2 aromatic carbocycles. The molecule has 3 nitrogen and oxygen atoms in total. The number of piperidine rings is 1. The average molecular weight is 264 g/mol. The van der Waals surface area contributed by atoms with Crippen LogP contribution in [-0.4, -0.2) is 17.4 Å². The Morgan fingerprint density at radius 1 is 1.20 bits per heavy atom. The van der Waals surface area contributed by atoms with Crippen molar-refractivity contribution in [2.45, 2.75) is 19.4 Å². The van der Waals surface area contributed by atoms with Crippen LogP contribution in [0.1, 0.15) is 18.4 Å². The highest BCUT2D eigenvalue weighted by Gasteiger charge is 2.25. The highest BCUT2D eigenvalue weighted by molar-refractivity contribution is 5.86. The standard InChI is InChI=1S/C17H16N2O/c18-10-13-8-9-17(20)19(11-13)12-15-6-3-5-14-4-1-2-7-16(14)15/h1-7,13H,8-9,11-12H2. The molecule has 1 aliphatic heterocycles. The monoisotopic (exact) mass is 264 g/mol. The smallest absolute Gasteiger partial charge is 0.222 e. The molecule has 0 radical (unpaired) electrons. The molecule has 100 valence electrons. The number of likely N-dealkylation sites (tertiary alicyclic amines) is 1. The van der Waals surface area contributed by atoms with Crippen molar-refractivity contribution < 1.29 is 4.79 Å². The Morgan fingerprint density at radius 2 is 2.00 bits per heavy atom. The molecule has 1 fully saturated rings. The number of hydrogen-bond acceptors (Lipinski definition) is 2. The highest BCUT2D eigenvalue weighted by atomic mass is 16.2. The number of rotatable bonds is 2. The Bertz CT molecular complexity index is 681. The molecule has 0 aromatic heterocycles. The van der Waals surface area contributed by atoms with Gasteiger partial charge in [-0.3, -0.25) is 4.79 Å². The molecular formula is C17H16N2O. The molecule has 1 saturated heterocycles. The normalized spacial score (nSPS) is 19.1. The van der Waals surface area contributed by atoms with Gasteiger partial charge in [0, 0.05) is 19.5 Å². The van der Waals surface area contributed by atoms with Crippen LogP contribution in [0, 0.1) is 17.2 Å². The quantitative estimate of drug-likeness (QED) is 0.836. The first-order chi connectivity index (χ1) is 9.78. The summed E-state index contributed by atoms with van der Waals surface area (Å²) in [5, 5.41) is 11.4. The van der Waals surface area contributed by atoms with Gasteiger partial charge in [-0.05, 0) is 22.8 Å². The molecule has 1 amide bonds. The first-order valence-electron chi connectivity index (χ1n) is 6.92. The Balaban J connectivity index is 1.89. The van der Waals surface area contributed by atoms with E-state index >= 15 is 0 Å². The van der Waals surface area contributed by atoms with E-state index in [1.54, 1.807) is 0 Å². The van der Waals surface area contributed by atoms with Gasteiger partial charge in [0.05, 0.1) is 12.0 Å². The number of carbonyl (C=O) groups excluding carboxylic acids is 1. The molecule has 3 rings (SSSR count). The Labute approximate surface area is 118 Å². The summed E-state index contributed by atoms with van der Waals surface area (Å²) in [7, 11) is 0. The molecule has 1 aliphatic rings. The topological polar surface area (TPSA) is 44.1 Å². The van der Waals surface area contributed by atoms with Crippen LogP contribution in [0.15, 0.2) is 42.5 Å². The largest absolute Gasteiger partial charge is 0.337 e. The lowest BCUT2D eigenvalue weighted by Crippen LogP contribution is -2.39. The van der Waals surface area contributed by atoms with Crippen LogP contribution in [0.4, 0.5) is 0 Å². The summed E-state index contributed by atoms with van der Waals surface area (Å²) in [6.07, 6.45) is 1.18. The fraction of sp³-hybridized carbons (Fsp3) is 0.294.